The van der Waals surface area contributed by atoms with E-state index >= 15 is 0 Å². The van der Waals surface area contributed by atoms with E-state index < -0.39 is 46.2 Å². The quantitative estimate of drug-likeness (QED) is 0.343. The van der Waals surface area contributed by atoms with Crippen LogP contribution >= 0.6 is 0 Å². The third-order valence-electron chi connectivity index (χ3n) is 6.32. The van der Waals surface area contributed by atoms with Crippen LogP contribution in [0, 0.1) is 6.92 Å². The molecule has 2 amide bonds. The lowest BCUT2D eigenvalue weighted by Crippen LogP contribution is -2.54. The highest BCUT2D eigenvalue weighted by Gasteiger charge is 2.35. The first-order valence-electron chi connectivity index (χ1n) is 13.0. The summed E-state index contributed by atoms with van der Waals surface area (Å²) in [4.78, 5) is 28.8. The van der Waals surface area contributed by atoms with Crippen LogP contribution in [0.25, 0.3) is 0 Å². The number of rotatable bonds is 11. The molecule has 0 heterocycles. The molecule has 0 spiro atoms. The van der Waals surface area contributed by atoms with Crippen LogP contribution in [0.1, 0.15) is 36.1 Å². The molecule has 1 N–H and O–H groups in total. The number of hydrogen-bond acceptors (Lipinski definition) is 4. The number of nitrogens with one attached hydrogen (secondary N) is 1. The minimum atomic E-state index is -4.71. The van der Waals surface area contributed by atoms with E-state index in [-0.39, 0.29) is 24.7 Å². The number of amides is 2. The molecule has 0 radical (unpaired) electrons. The van der Waals surface area contributed by atoms with Gasteiger partial charge < -0.3 is 10.2 Å². The Morgan fingerprint density at radius 1 is 0.902 bits per heavy atom. The van der Waals surface area contributed by atoms with Crippen LogP contribution in [-0.4, -0.2) is 50.0 Å². The second-order valence-electron chi connectivity index (χ2n) is 10.2. The topological polar surface area (TPSA) is 86.8 Å². The summed E-state index contributed by atoms with van der Waals surface area (Å²) < 4.78 is 66.4. The van der Waals surface area contributed by atoms with Crippen molar-refractivity contribution in [2.75, 3.05) is 17.1 Å². The van der Waals surface area contributed by atoms with Crippen molar-refractivity contribution >= 4 is 27.5 Å². The molecule has 0 aliphatic carbocycles. The van der Waals surface area contributed by atoms with E-state index in [1.54, 1.807) is 38.1 Å². The van der Waals surface area contributed by atoms with Crippen molar-refractivity contribution in [2.45, 2.75) is 52.0 Å². The Hall–Kier alpha value is -3.86. The molecule has 7 nitrogen and oxygen atoms in total. The number of benzene rings is 3. The first kappa shape index (κ1) is 31.7. The lowest BCUT2D eigenvalue weighted by Gasteiger charge is -2.34. The van der Waals surface area contributed by atoms with Crippen molar-refractivity contribution in [2.24, 2.45) is 0 Å². The number of carbonyl (C=O) groups excluding carboxylic acids is 2. The molecule has 0 aliphatic rings. The first-order valence-corrected chi connectivity index (χ1v) is 14.8. The third-order valence-corrected chi connectivity index (χ3v) is 7.46. The van der Waals surface area contributed by atoms with Gasteiger partial charge in [-0.25, -0.2) is 8.42 Å². The standard InChI is InChI=1S/C30H34F3N3O4S/c1-21(2)34-29(38)27(17-23-9-6-5-7-10-23)35(19-24-15-13-22(3)14-16-24)28(37)20-36(41(4,39)40)26-12-8-11-25(18-26)30(31,32)33/h5-16,18,21,27H,17,19-20H2,1-4H3,(H,34,38)/t27-/m1/s1. The molecule has 0 aliphatic heterocycles. The Morgan fingerprint density at radius 3 is 2.10 bits per heavy atom. The Balaban J connectivity index is 2.07. The molecule has 0 saturated carbocycles. The normalized spacial score (nSPS) is 12.6. The van der Waals surface area contributed by atoms with E-state index in [0.717, 1.165) is 29.5 Å². The fraction of sp³-hybridized carbons (Fsp3) is 0.333. The molecule has 41 heavy (non-hydrogen) atoms. The summed E-state index contributed by atoms with van der Waals surface area (Å²) in [5.74, 6) is -1.18. The zero-order valence-corrected chi connectivity index (χ0v) is 24.2. The Morgan fingerprint density at radius 2 is 1.54 bits per heavy atom. The van der Waals surface area contributed by atoms with E-state index in [0.29, 0.717) is 15.9 Å². The number of alkyl halides is 3. The summed E-state index contributed by atoms with van der Waals surface area (Å²) in [5, 5.41) is 2.84. The van der Waals surface area contributed by atoms with Gasteiger partial charge in [0.15, 0.2) is 0 Å². The van der Waals surface area contributed by atoms with Gasteiger partial charge in [-0.15, -0.1) is 0 Å². The molecule has 0 bridgehead atoms. The fourth-order valence-electron chi connectivity index (χ4n) is 4.28. The molecule has 0 unspecified atom stereocenters. The number of carbonyl (C=O) groups is 2. The highest BCUT2D eigenvalue weighted by Crippen LogP contribution is 2.32. The van der Waals surface area contributed by atoms with E-state index in [4.69, 9.17) is 0 Å². The SMILES string of the molecule is Cc1ccc(CN(C(=O)CN(c2cccc(C(F)(F)F)c2)S(C)(=O)=O)[C@H](Cc2ccccc2)C(=O)NC(C)C)cc1. The van der Waals surface area contributed by atoms with Gasteiger partial charge in [0.25, 0.3) is 0 Å². The van der Waals surface area contributed by atoms with Crippen molar-refractivity contribution in [3.05, 3.63) is 101 Å². The molecule has 0 fully saturated rings. The zero-order valence-electron chi connectivity index (χ0n) is 23.4. The van der Waals surface area contributed by atoms with Gasteiger partial charge in [-0.2, -0.15) is 13.2 Å². The largest absolute Gasteiger partial charge is 0.416 e. The van der Waals surface area contributed by atoms with E-state index in [1.165, 1.54) is 11.0 Å². The molecule has 1 atom stereocenters. The minimum Gasteiger partial charge on any atom is -0.352 e. The van der Waals surface area contributed by atoms with E-state index in [1.807, 2.05) is 37.3 Å². The van der Waals surface area contributed by atoms with Crippen molar-refractivity contribution in [1.82, 2.24) is 10.2 Å². The molecule has 3 aromatic carbocycles. The summed E-state index contributed by atoms with van der Waals surface area (Å²) in [7, 11) is -4.19. The number of sulfonamides is 1. The fourth-order valence-corrected chi connectivity index (χ4v) is 5.12. The van der Waals surface area contributed by atoms with Gasteiger partial charge in [-0.05, 0) is 50.1 Å². The van der Waals surface area contributed by atoms with Gasteiger partial charge in [0.2, 0.25) is 21.8 Å². The van der Waals surface area contributed by atoms with Gasteiger partial charge >= 0.3 is 6.18 Å². The van der Waals surface area contributed by atoms with Gasteiger partial charge in [-0.3, -0.25) is 13.9 Å². The predicted octanol–water partition coefficient (Wildman–Crippen LogP) is 4.94. The predicted molar refractivity (Wildman–Crippen MR) is 153 cm³/mol. The maximum atomic E-state index is 14.0. The van der Waals surface area contributed by atoms with Crippen LogP contribution < -0.4 is 9.62 Å². The summed E-state index contributed by atoms with van der Waals surface area (Å²) in [6.07, 6.45) is -3.76. The second kappa shape index (κ2) is 13.2. The smallest absolute Gasteiger partial charge is 0.352 e. The molecule has 220 valence electrons. The van der Waals surface area contributed by atoms with Crippen molar-refractivity contribution < 1.29 is 31.2 Å². The van der Waals surface area contributed by atoms with Crippen LogP contribution in [0.4, 0.5) is 18.9 Å². The molecule has 3 aromatic rings. The Labute approximate surface area is 239 Å². The van der Waals surface area contributed by atoms with Gasteiger partial charge in [0.1, 0.15) is 12.6 Å². The molecular weight excluding hydrogens is 555 g/mol. The number of halogens is 3. The molecular formula is C30H34F3N3O4S. The highest BCUT2D eigenvalue weighted by atomic mass is 32.2. The minimum absolute atomic E-state index is 0.0255. The first-order chi connectivity index (χ1) is 19.1. The van der Waals surface area contributed by atoms with Crippen molar-refractivity contribution in [1.29, 1.82) is 0 Å². The van der Waals surface area contributed by atoms with Crippen molar-refractivity contribution in [3.63, 3.8) is 0 Å². The summed E-state index contributed by atoms with van der Waals surface area (Å²) in [6.45, 7) is 4.64. The summed E-state index contributed by atoms with van der Waals surface area (Å²) in [6, 6.07) is 18.9. The number of anilines is 1. The maximum absolute atomic E-state index is 14.0. The highest BCUT2D eigenvalue weighted by molar-refractivity contribution is 7.92. The monoisotopic (exact) mass is 589 g/mol. The molecule has 11 heteroatoms. The van der Waals surface area contributed by atoms with Crippen LogP contribution in [0.5, 0.6) is 0 Å². The van der Waals surface area contributed by atoms with Gasteiger partial charge in [0, 0.05) is 19.0 Å². The van der Waals surface area contributed by atoms with E-state index in [9.17, 15) is 31.2 Å². The van der Waals surface area contributed by atoms with Crippen LogP contribution in [0.3, 0.4) is 0 Å². The maximum Gasteiger partial charge on any atom is 0.416 e. The summed E-state index contributed by atoms with van der Waals surface area (Å²) >= 11 is 0. The van der Waals surface area contributed by atoms with Crippen molar-refractivity contribution in [3.8, 4) is 0 Å². The van der Waals surface area contributed by atoms with E-state index in [2.05, 4.69) is 5.32 Å². The number of nitrogens with zero attached hydrogens (tertiary/aromatic N) is 2. The lowest BCUT2D eigenvalue weighted by molar-refractivity contribution is -0.140. The zero-order chi connectivity index (χ0) is 30.4. The molecule has 0 aromatic heterocycles. The second-order valence-corrected chi connectivity index (χ2v) is 12.1. The van der Waals surface area contributed by atoms with Gasteiger partial charge in [0.05, 0.1) is 17.5 Å². The molecule has 0 saturated heterocycles. The Kier molecular flexibility index (Phi) is 10.2. The van der Waals surface area contributed by atoms with Crippen LogP contribution in [0.15, 0.2) is 78.9 Å². The molecule has 3 rings (SSSR count). The Bertz CT molecular complexity index is 1440. The number of hydrogen-bond donors (Lipinski definition) is 1. The van der Waals surface area contributed by atoms with Crippen LogP contribution in [0.2, 0.25) is 0 Å². The summed E-state index contributed by atoms with van der Waals surface area (Å²) in [5.41, 5.74) is 1.10. The lowest BCUT2D eigenvalue weighted by atomic mass is 10.0. The van der Waals surface area contributed by atoms with Gasteiger partial charge in [-0.1, -0.05) is 66.2 Å². The average Bonchev–Trinajstić information content (AvgIpc) is 2.89. The van der Waals surface area contributed by atoms with Crippen LogP contribution in [-0.2, 0) is 38.8 Å². The number of aryl methyl sites for hydroxylation is 1. The third kappa shape index (κ3) is 9.07. The average molecular weight is 590 g/mol.